The van der Waals surface area contributed by atoms with Gasteiger partial charge >= 0.3 is 0 Å². The first kappa shape index (κ1) is 21.4. The van der Waals surface area contributed by atoms with Crippen LogP contribution in [0.3, 0.4) is 0 Å². The second kappa shape index (κ2) is 8.82. The molecule has 3 N–H and O–H groups in total. The lowest BCUT2D eigenvalue weighted by molar-refractivity contribution is 0.122. The van der Waals surface area contributed by atoms with Gasteiger partial charge in [-0.25, -0.2) is 18.7 Å². The predicted octanol–water partition coefficient (Wildman–Crippen LogP) is 3.83. The van der Waals surface area contributed by atoms with Crippen LogP contribution < -0.4 is 20.9 Å². The first-order valence-corrected chi connectivity index (χ1v) is 11.1. The summed E-state index contributed by atoms with van der Waals surface area (Å²) in [6.07, 6.45) is 1.73. The van der Waals surface area contributed by atoms with Crippen molar-refractivity contribution >= 4 is 23.0 Å². The predicted molar refractivity (Wildman–Crippen MR) is 126 cm³/mol. The highest BCUT2D eigenvalue weighted by molar-refractivity contribution is 5.72. The van der Waals surface area contributed by atoms with Gasteiger partial charge in [0.25, 0.3) is 0 Å². The summed E-state index contributed by atoms with van der Waals surface area (Å²) < 4.78 is 34.2. The number of ether oxygens (including phenoxy) is 1. The average Bonchev–Trinajstić information content (AvgIpc) is 2.86. The van der Waals surface area contributed by atoms with Gasteiger partial charge in [-0.15, -0.1) is 0 Å². The molecule has 0 aliphatic carbocycles. The number of halogens is 2. The number of morpholine rings is 1. The first-order valence-electron chi connectivity index (χ1n) is 11.1. The molecule has 172 valence electrons. The molecule has 5 rings (SSSR count). The van der Waals surface area contributed by atoms with Crippen molar-refractivity contribution in [3.63, 3.8) is 0 Å². The Kier molecular flexibility index (Phi) is 5.72. The minimum Gasteiger partial charge on any atom is -0.396 e. The Morgan fingerprint density at radius 2 is 1.88 bits per heavy atom. The molecule has 9 heteroatoms. The van der Waals surface area contributed by atoms with E-state index in [0.29, 0.717) is 43.6 Å². The zero-order chi connectivity index (χ0) is 22.9. The van der Waals surface area contributed by atoms with Gasteiger partial charge in [0, 0.05) is 43.0 Å². The molecule has 0 spiro atoms. The molecule has 1 aromatic heterocycles. The fourth-order valence-corrected chi connectivity index (χ4v) is 4.47. The Morgan fingerprint density at radius 1 is 1.09 bits per heavy atom. The van der Waals surface area contributed by atoms with Gasteiger partial charge < -0.3 is 25.6 Å². The van der Waals surface area contributed by atoms with Gasteiger partial charge in [-0.3, -0.25) is 0 Å². The van der Waals surface area contributed by atoms with Crippen molar-refractivity contribution in [3.05, 3.63) is 59.8 Å². The molecule has 3 aromatic rings. The maximum Gasteiger partial charge on any atom is 0.172 e. The lowest BCUT2D eigenvalue weighted by Gasteiger charge is -2.36. The highest BCUT2D eigenvalue weighted by Crippen LogP contribution is 2.37. The lowest BCUT2D eigenvalue weighted by Crippen LogP contribution is -2.38. The number of hydrogen-bond acceptors (Lipinski definition) is 7. The topological polar surface area (TPSA) is 79.5 Å². The van der Waals surface area contributed by atoms with Gasteiger partial charge in [0.15, 0.2) is 11.6 Å². The van der Waals surface area contributed by atoms with Crippen LogP contribution in [0.5, 0.6) is 0 Å². The normalized spacial score (nSPS) is 16.8. The SMILES string of the molecule is CC(c1c(F)ccc(F)c1N)N1CCNc2ncc(-c3cccc(N4CCOCC4)c3)nc21. The van der Waals surface area contributed by atoms with Crippen LogP contribution in [-0.2, 0) is 4.74 Å². The second-order valence-electron chi connectivity index (χ2n) is 8.23. The maximum absolute atomic E-state index is 14.6. The van der Waals surface area contributed by atoms with Crippen molar-refractivity contribution in [2.24, 2.45) is 0 Å². The number of nitrogens with zero attached hydrogens (tertiary/aromatic N) is 4. The van der Waals surface area contributed by atoms with E-state index in [1.807, 2.05) is 17.0 Å². The Hall–Kier alpha value is -3.46. The van der Waals surface area contributed by atoms with E-state index in [9.17, 15) is 8.78 Å². The summed E-state index contributed by atoms with van der Waals surface area (Å²) in [4.78, 5) is 13.7. The van der Waals surface area contributed by atoms with E-state index in [1.54, 1.807) is 13.1 Å². The molecule has 0 saturated carbocycles. The highest BCUT2D eigenvalue weighted by atomic mass is 19.1. The number of fused-ring (bicyclic) bond motifs is 1. The molecular weight excluding hydrogens is 426 g/mol. The third kappa shape index (κ3) is 4.04. The fraction of sp³-hybridized carbons (Fsp3) is 0.333. The number of benzene rings is 2. The summed E-state index contributed by atoms with van der Waals surface area (Å²) in [5.74, 6) is 0.0276. The van der Waals surface area contributed by atoms with Gasteiger partial charge in [-0.05, 0) is 31.2 Å². The standard InChI is InChI=1S/C24H26F2N6O/c1-15(21-18(25)5-6-19(26)22(21)27)32-8-7-28-23-24(32)30-20(14-29-23)16-3-2-4-17(13-16)31-9-11-33-12-10-31/h2-6,13-15H,7-12,27H2,1H3,(H,28,29). The molecule has 0 radical (unpaired) electrons. The van der Waals surface area contributed by atoms with Crippen molar-refractivity contribution in [1.82, 2.24) is 9.97 Å². The van der Waals surface area contributed by atoms with Crippen molar-refractivity contribution in [2.75, 3.05) is 60.2 Å². The van der Waals surface area contributed by atoms with Crippen molar-refractivity contribution < 1.29 is 13.5 Å². The van der Waals surface area contributed by atoms with Gasteiger partial charge in [0.1, 0.15) is 11.6 Å². The molecule has 2 aromatic carbocycles. The minimum absolute atomic E-state index is 0.129. The van der Waals surface area contributed by atoms with Crippen molar-refractivity contribution in [3.8, 4) is 11.3 Å². The summed E-state index contributed by atoms with van der Waals surface area (Å²) in [5.41, 5.74) is 8.61. The Balaban J connectivity index is 1.50. The monoisotopic (exact) mass is 452 g/mol. The number of anilines is 4. The molecule has 3 heterocycles. The van der Waals surface area contributed by atoms with Crippen LogP contribution >= 0.6 is 0 Å². The fourth-order valence-electron chi connectivity index (χ4n) is 4.47. The van der Waals surface area contributed by atoms with E-state index in [4.69, 9.17) is 15.5 Å². The van der Waals surface area contributed by atoms with Gasteiger partial charge in [-0.2, -0.15) is 0 Å². The third-order valence-corrected chi connectivity index (χ3v) is 6.26. The molecule has 7 nitrogen and oxygen atoms in total. The molecule has 2 aliphatic rings. The molecule has 0 bridgehead atoms. The van der Waals surface area contributed by atoms with E-state index in [1.165, 1.54) is 0 Å². The largest absolute Gasteiger partial charge is 0.396 e. The van der Waals surface area contributed by atoms with Crippen molar-refractivity contribution in [1.29, 1.82) is 0 Å². The van der Waals surface area contributed by atoms with Crippen LogP contribution in [0.2, 0.25) is 0 Å². The number of nitrogens with one attached hydrogen (secondary N) is 1. The quantitative estimate of drug-likeness (QED) is 0.583. The lowest BCUT2D eigenvalue weighted by atomic mass is 10.0. The van der Waals surface area contributed by atoms with E-state index < -0.39 is 17.7 Å². The summed E-state index contributed by atoms with van der Waals surface area (Å²) in [5, 5.41) is 3.24. The number of nitrogen functional groups attached to an aromatic ring is 1. The molecule has 0 amide bonds. The van der Waals surface area contributed by atoms with Crippen LogP contribution in [0, 0.1) is 11.6 Å². The summed E-state index contributed by atoms with van der Waals surface area (Å²) >= 11 is 0. The number of nitrogens with two attached hydrogens (primary N) is 1. The van der Waals surface area contributed by atoms with E-state index in [2.05, 4.69) is 27.3 Å². The van der Waals surface area contributed by atoms with E-state index >= 15 is 0 Å². The Morgan fingerprint density at radius 3 is 2.70 bits per heavy atom. The van der Waals surface area contributed by atoms with Gasteiger partial charge in [-0.1, -0.05) is 12.1 Å². The molecule has 1 unspecified atom stereocenters. The Labute approximate surface area is 191 Å². The zero-order valence-electron chi connectivity index (χ0n) is 18.4. The molecule has 1 fully saturated rings. The maximum atomic E-state index is 14.6. The van der Waals surface area contributed by atoms with E-state index in [-0.39, 0.29) is 11.3 Å². The van der Waals surface area contributed by atoms with Gasteiger partial charge in [0.05, 0.1) is 36.8 Å². The van der Waals surface area contributed by atoms with Crippen LogP contribution in [0.4, 0.5) is 31.8 Å². The number of hydrogen-bond donors (Lipinski definition) is 2. The first-order chi connectivity index (χ1) is 16.0. The van der Waals surface area contributed by atoms with Crippen molar-refractivity contribution in [2.45, 2.75) is 13.0 Å². The summed E-state index contributed by atoms with van der Waals surface area (Å²) in [7, 11) is 0. The minimum atomic E-state index is -0.631. The smallest absolute Gasteiger partial charge is 0.172 e. The van der Waals surface area contributed by atoms with Crippen LogP contribution in [0.1, 0.15) is 18.5 Å². The summed E-state index contributed by atoms with van der Waals surface area (Å²) in [6.45, 7) is 6.06. The van der Waals surface area contributed by atoms with Crippen LogP contribution in [0.15, 0.2) is 42.6 Å². The highest BCUT2D eigenvalue weighted by Gasteiger charge is 2.29. The van der Waals surface area contributed by atoms with Crippen LogP contribution in [0.25, 0.3) is 11.3 Å². The van der Waals surface area contributed by atoms with Gasteiger partial charge in [0.2, 0.25) is 0 Å². The number of rotatable bonds is 4. The zero-order valence-corrected chi connectivity index (χ0v) is 18.4. The van der Waals surface area contributed by atoms with E-state index in [0.717, 1.165) is 36.5 Å². The molecule has 1 atom stereocenters. The van der Waals surface area contributed by atoms with Crippen LogP contribution in [-0.4, -0.2) is 49.4 Å². The summed E-state index contributed by atoms with van der Waals surface area (Å²) in [6, 6.07) is 9.80. The number of aromatic nitrogens is 2. The third-order valence-electron chi connectivity index (χ3n) is 6.26. The Bertz CT molecular complexity index is 1170. The molecular formula is C24H26F2N6O. The molecule has 1 saturated heterocycles. The average molecular weight is 453 g/mol. The molecule has 2 aliphatic heterocycles. The second-order valence-corrected chi connectivity index (χ2v) is 8.23. The molecule has 33 heavy (non-hydrogen) atoms.